The molecule has 2 N–H and O–H groups in total. The van der Waals surface area contributed by atoms with Crippen LogP contribution in [-0.2, 0) is 26.3 Å². The Balaban J connectivity index is 1.37. The minimum absolute atomic E-state index is 0.143. The maximum atomic E-state index is 12.9. The molecule has 156 valence electrons. The van der Waals surface area contributed by atoms with Gasteiger partial charge in [-0.25, -0.2) is 4.79 Å². The monoisotopic (exact) mass is 408 g/mol. The largest absolute Gasteiger partial charge is 0.481 e. The first-order valence-corrected chi connectivity index (χ1v) is 10.1. The first kappa shape index (κ1) is 19.9. The number of benzene rings is 2. The van der Waals surface area contributed by atoms with Crippen LogP contribution in [0.5, 0.6) is 0 Å². The lowest BCUT2D eigenvalue weighted by Crippen LogP contribution is -2.52. The number of hydrogen-bond acceptors (Lipinski definition) is 4. The topological polar surface area (TPSA) is 95.9 Å². The number of carboxylic acid groups (broad SMARTS) is 1. The van der Waals surface area contributed by atoms with Crippen molar-refractivity contribution in [3.05, 3.63) is 65.7 Å². The number of carboxylic acids is 1. The van der Waals surface area contributed by atoms with E-state index in [0.717, 1.165) is 17.5 Å². The Morgan fingerprint density at radius 1 is 1.10 bits per heavy atom. The van der Waals surface area contributed by atoms with Crippen molar-refractivity contribution < 1.29 is 24.2 Å². The van der Waals surface area contributed by atoms with Crippen LogP contribution in [0.3, 0.4) is 0 Å². The molecule has 0 aromatic heterocycles. The van der Waals surface area contributed by atoms with Crippen molar-refractivity contribution in [3.63, 3.8) is 0 Å². The normalized spacial score (nSPS) is 19.8. The minimum atomic E-state index is -0.803. The zero-order valence-corrected chi connectivity index (χ0v) is 16.5. The van der Waals surface area contributed by atoms with Gasteiger partial charge >= 0.3 is 12.1 Å². The van der Waals surface area contributed by atoms with Gasteiger partial charge in [-0.2, -0.15) is 0 Å². The molecule has 1 atom stereocenters. The summed E-state index contributed by atoms with van der Waals surface area (Å²) >= 11 is 0. The van der Waals surface area contributed by atoms with Crippen molar-refractivity contribution in [2.45, 2.75) is 43.7 Å². The van der Waals surface area contributed by atoms with Crippen LogP contribution in [0.15, 0.2) is 54.6 Å². The molecule has 2 fully saturated rings. The number of hydrogen-bond donors (Lipinski definition) is 2. The number of aliphatic carboxylic acids is 1. The molecule has 1 heterocycles. The summed E-state index contributed by atoms with van der Waals surface area (Å²) in [5.41, 5.74) is 1.58. The Labute approximate surface area is 174 Å². The predicted octanol–water partition coefficient (Wildman–Crippen LogP) is 3.22. The molecule has 30 heavy (non-hydrogen) atoms. The number of anilines is 1. The lowest BCUT2D eigenvalue weighted by Gasteiger charge is -2.32. The lowest BCUT2D eigenvalue weighted by atomic mass is 9.95. The smallest absolute Gasteiger partial charge is 0.408 e. The predicted molar refractivity (Wildman–Crippen MR) is 110 cm³/mol. The molecule has 7 nitrogen and oxygen atoms in total. The molecule has 2 amide bonds. The summed E-state index contributed by atoms with van der Waals surface area (Å²) < 4.78 is 5.23. The first-order chi connectivity index (χ1) is 14.5. The van der Waals surface area contributed by atoms with E-state index in [-0.39, 0.29) is 12.5 Å². The van der Waals surface area contributed by atoms with Crippen LogP contribution in [0, 0.1) is 0 Å². The van der Waals surface area contributed by atoms with Crippen LogP contribution < -0.4 is 10.2 Å². The molecular weight excluding hydrogens is 384 g/mol. The van der Waals surface area contributed by atoms with E-state index in [0.29, 0.717) is 31.5 Å². The average molecular weight is 408 g/mol. The summed E-state index contributed by atoms with van der Waals surface area (Å²) in [7, 11) is 0. The fourth-order valence-electron chi connectivity index (χ4n) is 3.88. The van der Waals surface area contributed by atoms with Gasteiger partial charge in [-0.1, -0.05) is 42.5 Å². The van der Waals surface area contributed by atoms with E-state index >= 15 is 0 Å². The quantitative estimate of drug-likeness (QED) is 0.765. The summed E-state index contributed by atoms with van der Waals surface area (Å²) in [5.74, 6) is -0.993. The number of nitrogens with one attached hydrogen (secondary N) is 1. The van der Waals surface area contributed by atoms with Crippen molar-refractivity contribution in [1.82, 2.24) is 5.32 Å². The van der Waals surface area contributed by atoms with Gasteiger partial charge in [0.15, 0.2) is 0 Å². The van der Waals surface area contributed by atoms with Crippen molar-refractivity contribution >= 4 is 23.7 Å². The van der Waals surface area contributed by atoms with Gasteiger partial charge in [0.2, 0.25) is 5.91 Å². The highest BCUT2D eigenvalue weighted by Gasteiger charge is 2.51. The fourth-order valence-corrected chi connectivity index (χ4v) is 3.88. The molecule has 1 aliphatic carbocycles. The zero-order valence-electron chi connectivity index (χ0n) is 16.5. The third-order valence-corrected chi connectivity index (χ3v) is 5.83. The second-order valence-corrected chi connectivity index (χ2v) is 7.82. The van der Waals surface area contributed by atoms with E-state index < -0.39 is 23.5 Å². The van der Waals surface area contributed by atoms with E-state index in [1.165, 1.54) is 0 Å². The van der Waals surface area contributed by atoms with E-state index in [1.54, 1.807) is 29.2 Å². The zero-order chi connectivity index (χ0) is 21.1. The van der Waals surface area contributed by atoms with Crippen LogP contribution in [-0.4, -0.2) is 35.7 Å². The number of carbonyl (C=O) groups is 3. The van der Waals surface area contributed by atoms with Gasteiger partial charge in [0.1, 0.15) is 12.6 Å². The van der Waals surface area contributed by atoms with Gasteiger partial charge in [0.05, 0.1) is 5.41 Å². The number of alkyl carbamates (subject to hydrolysis) is 1. The van der Waals surface area contributed by atoms with Crippen molar-refractivity contribution in [2.24, 2.45) is 0 Å². The summed E-state index contributed by atoms with van der Waals surface area (Å²) in [4.78, 5) is 38.2. The number of nitrogens with zero attached hydrogens (tertiary/aromatic N) is 1. The molecule has 0 radical (unpaired) electrons. The molecule has 4 rings (SSSR count). The third kappa shape index (κ3) is 4.01. The summed E-state index contributed by atoms with van der Waals surface area (Å²) in [5, 5.41) is 12.1. The number of ether oxygens (including phenoxy) is 1. The van der Waals surface area contributed by atoms with Crippen LogP contribution in [0.2, 0.25) is 0 Å². The second-order valence-electron chi connectivity index (χ2n) is 7.82. The van der Waals surface area contributed by atoms with E-state index in [9.17, 15) is 19.5 Å². The maximum absolute atomic E-state index is 12.9. The third-order valence-electron chi connectivity index (χ3n) is 5.83. The molecular formula is C23H24N2O5. The number of carbonyl (C=O) groups excluding carboxylic acids is 2. The van der Waals surface area contributed by atoms with E-state index in [1.807, 2.05) is 30.3 Å². The molecule has 7 heteroatoms. The average Bonchev–Trinajstić information content (AvgIpc) is 3.57. The molecule has 1 unspecified atom stereocenters. The van der Waals surface area contributed by atoms with Gasteiger partial charge in [0, 0.05) is 12.2 Å². The maximum Gasteiger partial charge on any atom is 0.408 e. The van der Waals surface area contributed by atoms with Gasteiger partial charge in [-0.15, -0.1) is 0 Å². The van der Waals surface area contributed by atoms with Gasteiger partial charge in [-0.3, -0.25) is 9.59 Å². The van der Waals surface area contributed by atoms with E-state index in [4.69, 9.17) is 4.74 Å². The first-order valence-electron chi connectivity index (χ1n) is 10.1. The van der Waals surface area contributed by atoms with Crippen molar-refractivity contribution in [1.29, 1.82) is 0 Å². The SMILES string of the molecule is O=C(NC1CCCN(c2ccc(C3(C(=O)O)CC3)cc2)C1=O)OCc1ccccc1. The molecule has 0 bridgehead atoms. The van der Waals surface area contributed by atoms with Crippen LogP contribution in [0.1, 0.15) is 36.8 Å². The highest BCUT2D eigenvalue weighted by molar-refractivity contribution is 5.99. The number of amides is 2. The molecule has 1 saturated carbocycles. The van der Waals surface area contributed by atoms with Crippen LogP contribution in [0.4, 0.5) is 10.5 Å². The van der Waals surface area contributed by atoms with Crippen molar-refractivity contribution in [2.75, 3.05) is 11.4 Å². The van der Waals surface area contributed by atoms with Crippen LogP contribution >= 0.6 is 0 Å². The summed E-state index contributed by atoms with van der Waals surface area (Å²) in [6, 6.07) is 15.8. The summed E-state index contributed by atoms with van der Waals surface area (Å²) in [6.07, 6.45) is 1.96. The van der Waals surface area contributed by atoms with Gasteiger partial charge in [-0.05, 0) is 48.9 Å². The Bertz CT molecular complexity index is 938. The summed E-state index contributed by atoms with van der Waals surface area (Å²) in [6.45, 7) is 0.698. The molecule has 1 aliphatic heterocycles. The Morgan fingerprint density at radius 3 is 2.43 bits per heavy atom. The van der Waals surface area contributed by atoms with Crippen LogP contribution in [0.25, 0.3) is 0 Å². The highest BCUT2D eigenvalue weighted by Crippen LogP contribution is 2.48. The number of piperidine rings is 1. The van der Waals surface area contributed by atoms with Crippen molar-refractivity contribution in [3.8, 4) is 0 Å². The van der Waals surface area contributed by atoms with Gasteiger partial charge < -0.3 is 20.1 Å². The minimum Gasteiger partial charge on any atom is -0.481 e. The fraction of sp³-hybridized carbons (Fsp3) is 0.348. The molecule has 1 saturated heterocycles. The molecule has 2 aromatic carbocycles. The second kappa shape index (κ2) is 8.18. The highest BCUT2D eigenvalue weighted by atomic mass is 16.5. The van der Waals surface area contributed by atoms with Gasteiger partial charge in [0.25, 0.3) is 0 Å². The Morgan fingerprint density at radius 2 is 1.80 bits per heavy atom. The molecule has 2 aromatic rings. The molecule has 2 aliphatic rings. The van der Waals surface area contributed by atoms with E-state index in [2.05, 4.69) is 5.32 Å². The lowest BCUT2D eigenvalue weighted by molar-refractivity contribution is -0.140. The standard InChI is InChI=1S/C23H24N2O5/c26-20-19(24-22(29)30-15-16-5-2-1-3-6-16)7-4-14-25(20)18-10-8-17(9-11-18)23(12-13-23)21(27)28/h1-3,5-6,8-11,19H,4,7,12-15H2,(H,24,29)(H,27,28). The molecule has 0 spiro atoms. The Hall–Kier alpha value is -3.35. The number of rotatable bonds is 6. The Kier molecular flexibility index (Phi) is 5.44.